The standard InChI is InChI=1S/C21H16N4O2S/c1-12-10-28-11-17(12)16-5-3-14(8-19(16)26-2)21-23-20(25-27-21)13-4-6-18-15(7-13)9-22-24-18/h3-11H,1-2H3,(H,22,24). The van der Waals surface area contributed by atoms with Crippen LogP contribution in [0, 0.1) is 6.92 Å². The summed E-state index contributed by atoms with van der Waals surface area (Å²) in [4.78, 5) is 4.57. The number of aryl methyl sites for hydroxylation is 1. The van der Waals surface area contributed by atoms with Crippen LogP contribution in [0.4, 0.5) is 0 Å². The highest BCUT2D eigenvalue weighted by molar-refractivity contribution is 7.08. The average Bonchev–Trinajstić information content (AvgIpc) is 3.47. The number of hydrogen-bond donors (Lipinski definition) is 1. The van der Waals surface area contributed by atoms with Crippen molar-refractivity contribution in [1.82, 2.24) is 20.3 Å². The summed E-state index contributed by atoms with van der Waals surface area (Å²) >= 11 is 1.68. The van der Waals surface area contributed by atoms with Crippen molar-refractivity contribution in [3.8, 4) is 39.7 Å². The topological polar surface area (TPSA) is 76.8 Å². The monoisotopic (exact) mass is 388 g/mol. The van der Waals surface area contributed by atoms with Gasteiger partial charge in [-0.1, -0.05) is 5.16 Å². The normalized spacial score (nSPS) is 11.2. The summed E-state index contributed by atoms with van der Waals surface area (Å²) in [7, 11) is 1.67. The molecule has 0 fully saturated rings. The molecule has 7 heteroatoms. The molecule has 2 aromatic carbocycles. The minimum Gasteiger partial charge on any atom is -0.496 e. The van der Waals surface area contributed by atoms with Crippen LogP contribution in [0.25, 0.3) is 44.9 Å². The minimum atomic E-state index is 0.453. The van der Waals surface area contributed by atoms with Crippen LogP contribution in [0.15, 0.2) is 57.9 Å². The highest BCUT2D eigenvalue weighted by Crippen LogP contribution is 2.37. The zero-order chi connectivity index (χ0) is 19.1. The second-order valence-electron chi connectivity index (χ2n) is 6.48. The van der Waals surface area contributed by atoms with Crippen molar-refractivity contribution in [2.24, 2.45) is 0 Å². The van der Waals surface area contributed by atoms with Crippen molar-refractivity contribution in [2.45, 2.75) is 6.92 Å². The van der Waals surface area contributed by atoms with Gasteiger partial charge >= 0.3 is 0 Å². The molecule has 5 aromatic rings. The maximum Gasteiger partial charge on any atom is 0.258 e. The Morgan fingerprint density at radius 3 is 2.75 bits per heavy atom. The molecule has 0 amide bonds. The molecule has 1 N–H and O–H groups in total. The zero-order valence-corrected chi connectivity index (χ0v) is 16.1. The summed E-state index contributed by atoms with van der Waals surface area (Å²) in [6.45, 7) is 2.10. The van der Waals surface area contributed by atoms with Crippen molar-refractivity contribution in [1.29, 1.82) is 0 Å². The van der Waals surface area contributed by atoms with Crippen LogP contribution in [-0.2, 0) is 0 Å². The molecule has 0 atom stereocenters. The summed E-state index contributed by atoms with van der Waals surface area (Å²) in [6, 6.07) is 11.8. The van der Waals surface area contributed by atoms with Crippen LogP contribution in [-0.4, -0.2) is 27.4 Å². The quantitative estimate of drug-likeness (QED) is 0.450. The number of methoxy groups -OCH3 is 1. The molecular weight excluding hydrogens is 372 g/mol. The molecule has 0 saturated heterocycles. The Balaban J connectivity index is 1.52. The summed E-state index contributed by atoms with van der Waals surface area (Å²) < 4.78 is 11.1. The lowest BCUT2D eigenvalue weighted by atomic mass is 10.0. The van der Waals surface area contributed by atoms with Gasteiger partial charge < -0.3 is 9.26 Å². The second kappa shape index (κ2) is 6.61. The van der Waals surface area contributed by atoms with Gasteiger partial charge in [0.2, 0.25) is 5.82 Å². The van der Waals surface area contributed by atoms with Crippen LogP contribution in [0.3, 0.4) is 0 Å². The maximum absolute atomic E-state index is 5.62. The predicted molar refractivity (Wildman–Crippen MR) is 109 cm³/mol. The van der Waals surface area contributed by atoms with Crippen molar-refractivity contribution >= 4 is 22.2 Å². The number of rotatable bonds is 4. The van der Waals surface area contributed by atoms with Gasteiger partial charge in [-0.05, 0) is 65.2 Å². The van der Waals surface area contributed by atoms with E-state index < -0.39 is 0 Å². The van der Waals surface area contributed by atoms with Gasteiger partial charge in [-0.3, -0.25) is 5.10 Å². The Hall–Kier alpha value is -3.45. The number of H-pyrrole nitrogens is 1. The highest BCUT2D eigenvalue weighted by atomic mass is 32.1. The van der Waals surface area contributed by atoms with E-state index in [-0.39, 0.29) is 0 Å². The van der Waals surface area contributed by atoms with E-state index in [1.807, 2.05) is 36.4 Å². The van der Waals surface area contributed by atoms with Gasteiger partial charge in [0.15, 0.2) is 0 Å². The first kappa shape index (κ1) is 16.7. The van der Waals surface area contributed by atoms with E-state index >= 15 is 0 Å². The summed E-state index contributed by atoms with van der Waals surface area (Å²) in [5, 5.41) is 16.4. The van der Waals surface area contributed by atoms with Gasteiger partial charge in [-0.25, -0.2) is 0 Å². The first-order valence-electron chi connectivity index (χ1n) is 8.72. The van der Waals surface area contributed by atoms with Gasteiger partial charge in [0.25, 0.3) is 5.89 Å². The van der Waals surface area contributed by atoms with Crippen LogP contribution in [0.1, 0.15) is 5.56 Å². The fourth-order valence-electron chi connectivity index (χ4n) is 3.22. The molecule has 0 spiro atoms. The highest BCUT2D eigenvalue weighted by Gasteiger charge is 2.15. The molecule has 0 unspecified atom stereocenters. The molecule has 6 nitrogen and oxygen atoms in total. The Morgan fingerprint density at radius 1 is 1.04 bits per heavy atom. The molecule has 3 aromatic heterocycles. The molecule has 3 heterocycles. The lowest BCUT2D eigenvalue weighted by Crippen LogP contribution is -1.90. The number of hydrogen-bond acceptors (Lipinski definition) is 6. The van der Waals surface area contributed by atoms with Gasteiger partial charge in [0.05, 0.1) is 18.8 Å². The van der Waals surface area contributed by atoms with E-state index in [4.69, 9.17) is 9.26 Å². The predicted octanol–water partition coefficient (Wildman–Crippen LogP) is 5.33. The fraction of sp³-hybridized carbons (Fsp3) is 0.0952. The van der Waals surface area contributed by atoms with E-state index in [1.54, 1.807) is 24.6 Å². The second-order valence-corrected chi connectivity index (χ2v) is 7.22. The number of aromatic amines is 1. The number of fused-ring (bicyclic) bond motifs is 1. The van der Waals surface area contributed by atoms with E-state index in [9.17, 15) is 0 Å². The molecule has 0 aliphatic carbocycles. The molecule has 138 valence electrons. The number of aromatic nitrogens is 4. The van der Waals surface area contributed by atoms with Crippen molar-refractivity contribution in [3.63, 3.8) is 0 Å². The Bertz CT molecular complexity index is 1280. The van der Waals surface area contributed by atoms with Crippen molar-refractivity contribution in [2.75, 3.05) is 7.11 Å². The van der Waals surface area contributed by atoms with E-state index in [1.165, 1.54) is 11.1 Å². The number of nitrogens with zero attached hydrogens (tertiary/aromatic N) is 3. The van der Waals surface area contributed by atoms with Crippen LogP contribution in [0.5, 0.6) is 5.75 Å². The van der Waals surface area contributed by atoms with E-state index in [0.717, 1.165) is 33.3 Å². The number of thiophene rings is 1. The SMILES string of the molecule is COc1cc(-c2nc(-c3ccc4[nH]ncc4c3)no2)ccc1-c1cscc1C. The molecule has 5 rings (SSSR count). The Labute approximate surface area is 164 Å². The van der Waals surface area contributed by atoms with Crippen LogP contribution in [0.2, 0.25) is 0 Å². The van der Waals surface area contributed by atoms with Crippen molar-refractivity contribution < 1.29 is 9.26 Å². The maximum atomic E-state index is 5.62. The lowest BCUT2D eigenvalue weighted by Gasteiger charge is -2.09. The van der Waals surface area contributed by atoms with Crippen LogP contribution >= 0.6 is 11.3 Å². The first-order chi connectivity index (χ1) is 13.7. The van der Waals surface area contributed by atoms with Crippen molar-refractivity contribution in [3.05, 3.63) is 58.9 Å². The van der Waals surface area contributed by atoms with Crippen LogP contribution < -0.4 is 4.74 Å². The Kier molecular flexibility index (Phi) is 3.95. The summed E-state index contributed by atoms with van der Waals surface area (Å²) in [5.74, 6) is 1.77. The first-order valence-corrected chi connectivity index (χ1v) is 9.66. The van der Waals surface area contributed by atoms with E-state index in [2.05, 4.69) is 38.0 Å². The molecule has 0 radical (unpaired) electrons. The largest absolute Gasteiger partial charge is 0.496 e. The average molecular weight is 388 g/mol. The number of ether oxygens (including phenoxy) is 1. The van der Waals surface area contributed by atoms with E-state index in [0.29, 0.717) is 11.7 Å². The molecule has 0 aliphatic heterocycles. The third-order valence-electron chi connectivity index (χ3n) is 4.72. The lowest BCUT2D eigenvalue weighted by molar-refractivity contribution is 0.414. The van der Waals surface area contributed by atoms with Gasteiger partial charge in [-0.15, -0.1) is 0 Å². The minimum absolute atomic E-state index is 0.453. The summed E-state index contributed by atoms with van der Waals surface area (Å²) in [6.07, 6.45) is 1.77. The molecule has 0 bridgehead atoms. The van der Waals surface area contributed by atoms with Gasteiger partial charge in [-0.2, -0.15) is 21.4 Å². The molecule has 28 heavy (non-hydrogen) atoms. The van der Waals surface area contributed by atoms with Gasteiger partial charge in [0.1, 0.15) is 5.75 Å². The summed E-state index contributed by atoms with van der Waals surface area (Å²) in [5.41, 5.74) is 6.11. The Morgan fingerprint density at radius 2 is 1.93 bits per heavy atom. The third kappa shape index (κ3) is 2.76. The van der Waals surface area contributed by atoms with Gasteiger partial charge in [0, 0.05) is 22.1 Å². The molecule has 0 aliphatic rings. The zero-order valence-electron chi connectivity index (χ0n) is 15.3. The fourth-order valence-corrected chi connectivity index (χ4v) is 4.07. The third-order valence-corrected chi connectivity index (χ3v) is 5.58. The number of nitrogens with one attached hydrogen (secondary N) is 1. The smallest absolute Gasteiger partial charge is 0.258 e. The molecule has 0 saturated carbocycles. The number of benzene rings is 2. The molecular formula is C21H16N4O2S.